The summed E-state index contributed by atoms with van der Waals surface area (Å²) in [4.78, 5) is 4.28. The Morgan fingerprint density at radius 1 is 1.29 bits per heavy atom. The molecule has 2 fully saturated rings. The van der Waals surface area contributed by atoms with E-state index in [1.807, 2.05) is 12.1 Å². The molecule has 3 rings (SSSR count). The summed E-state index contributed by atoms with van der Waals surface area (Å²) in [6.45, 7) is 3.37. The number of nitrogens with zero attached hydrogens (tertiary/aromatic N) is 2. The van der Waals surface area contributed by atoms with E-state index >= 15 is 0 Å². The average Bonchev–Trinajstić information content (AvgIpc) is 3.46. The van der Waals surface area contributed by atoms with Crippen molar-refractivity contribution in [2.45, 2.75) is 44.1 Å². The molecular formula is C19H30FIN4O2S. The van der Waals surface area contributed by atoms with Gasteiger partial charge in [0.1, 0.15) is 5.82 Å². The topological polar surface area (TPSA) is 73.8 Å². The molecule has 6 nitrogen and oxygen atoms in total. The lowest BCUT2D eigenvalue weighted by atomic mass is 9.95. The molecule has 28 heavy (non-hydrogen) atoms. The minimum absolute atomic E-state index is 0. The normalized spacial score (nSPS) is 20.3. The molecule has 1 saturated carbocycles. The van der Waals surface area contributed by atoms with E-state index in [4.69, 9.17) is 0 Å². The fourth-order valence-corrected chi connectivity index (χ4v) is 4.82. The first-order valence-electron chi connectivity index (χ1n) is 9.60. The minimum atomic E-state index is -3.11. The Labute approximate surface area is 184 Å². The van der Waals surface area contributed by atoms with E-state index in [-0.39, 0.29) is 47.0 Å². The van der Waals surface area contributed by atoms with Crippen LogP contribution in [-0.2, 0) is 15.4 Å². The van der Waals surface area contributed by atoms with Gasteiger partial charge in [0.15, 0.2) is 5.96 Å². The van der Waals surface area contributed by atoms with Gasteiger partial charge in [0.25, 0.3) is 0 Å². The Bertz CT molecular complexity index is 791. The summed E-state index contributed by atoms with van der Waals surface area (Å²) in [5.41, 5.74) is 0.618. The van der Waals surface area contributed by atoms with Gasteiger partial charge in [0.2, 0.25) is 10.0 Å². The van der Waals surface area contributed by atoms with Crippen LogP contribution in [0.5, 0.6) is 0 Å². The van der Waals surface area contributed by atoms with Crippen LogP contribution in [0.25, 0.3) is 0 Å². The van der Waals surface area contributed by atoms with Gasteiger partial charge >= 0.3 is 0 Å². The molecule has 2 aliphatic rings. The lowest BCUT2D eigenvalue weighted by molar-refractivity contribution is 0.306. The Hall–Kier alpha value is -0.940. The molecule has 9 heteroatoms. The van der Waals surface area contributed by atoms with E-state index < -0.39 is 10.0 Å². The predicted octanol–water partition coefficient (Wildman–Crippen LogP) is 2.45. The van der Waals surface area contributed by atoms with Gasteiger partial charge < -0.3 is 10.6 Å². The molecular weight excluding hydrogens is 494 g/mol. The molecule has 1 heterocycles. The summed E-state index contributed by atoms with van der Waals surface area (Å²) >= 11 is 0. The second-order valence-corrected chi connectivity index (χ2v) is 9.66. The molecule has 1 aliphatic carbocycles. The number of benzene rings is 1. The van der Waals surface area contributed by atoms with Gasteiger partial charge in [0.05, 0.1) is 5.75 Å². The number of rotatable bonds is 6. The van der Waals surface area contributed by atoms with Crippen molar-refractivity contribution < 1.29 is 12.8 Å². The van der Waals surface area contributed by atoms with E-state index in [0.29, 0.717) is 25.6 Å². The Morgan fingerprint density at radius 2 is 1.93 bits per heavy atom. The zero-order chi connectivity index (χ0) is 19.5. The maximum atomic E-state index is 14.1. The quantitative estimate of drug-likeness (QED) is 0.341. The first-order valence-corrected chi connectivity index (χ1v) is 11.2. The van der Waals surface area contributed by atoms with Crippen molar-refractivity contribution in [3.05, 3.63) is 35.6 Å². The molecule has 0 amide bonds. The highest BCUT2D eigenvalue weighted by Gasteiger charge is 2.45. The summed E-state index contributed by atoms with van der Waals surface area (Å²) < 4.78 is 39.6. The number of aliphatic imine (C=N–C) groups is 1. The lowest BCUT2D eigenvalue weighted by Gasteiger charge is -2.32. The highest BCUT2D eigenvalue weighted by molar-refractivity contribution is 14.0. The molecule has 0 atom stereocenters. The Kier molecular flexibility index (Phi) is 8.09. The van der Waals surface area contributed by atoms with Crippen molar-refractivity contribution >= 4 is 40.0 Å². The number of sulfonamides is 1. The molecule has 158 valence electrons. The van der Waals surface area contributed by atoms with Crippen molar-refractivity contribution in [2.24, 2.45) is 4.99 Å². The van der Waals surface area contributed by atoms with E-state index in [0.717, 1.165) is 31.2 Å². The van der Waals surface area contributed by atoms with Gasteiger partial charge in [-0.05, 0) is 44.2 Å². The fraction of sp³-hybridized carbons (Fsp3) is 0.632. The first-order chi connectivity index (χ1) is 12.9. The van der Waals surface area contributed by atoms with Crippen LogP contribution in [0.1, 0.15) is 38.2 Å². The lowest BCUT2D eigenvalue weighted by Crippen LogP contribution is -2.50. The van der Waals surface area contributed by atoms with E-state index in [2.05, 4.69) is 15.6 Å². The molecule has 2 N–H and O–H groups in total. The molecule has 0 unspecified atom stereocenters. The third-order valence-electron chi connectivity index (χ3n) is 5.67. The molecule has 1 saturated heterocycles. The van der Waals surface area contributed by atoms with Gasteiger partial charge in [-0.3, -0.25) is 4.99 Å². The SMILES string of the molecule is CCS(=O)(=O)N1CCC(NC(=NC)NCC2(c3ccccc3F)CC2)CC1.I. The van der Waals surface area contributed by atoms with Crippen molar-refractivity contribution in [2.75, 3.05) is 32.4 Å². The first kappa shape index (κ1) is 23.3. The van der Waals surface area contributed by atoms with Crippen LogP contribution in [0.3, 0.4) is 0 Å². The summed E-state index contributed by atoms with van der Waals surface area (Å²) in [5.74, 6) is 0.686. The Balaban J connectivity index is 0.00000280. The van der Waals surface area contributed by atoms with Crippen molar-refractivity contribution in [3.8, 4) is 0 Å². The summed E-state index contributed by atoms with van der Waals surface area (Å²) in [6, 6.07) is 7.16. The molecule has 0 aromatic heterocycles. The highest BCUT2D eigenvalue weighted by Crippen LogP contribution is 2.48. The van der Waals surface area contributed by atoms with Crippen LogP contribution < -0.4 is 10.6 Å². The van der Waals surface area contributed by atoms with E-state index in [9.17, 15) is 12.8 Å². The largest absolute Gasteiger partial charge is 0.356 e. The van der Waals surface area contributed by atoms with Gasteiger partial charge in [-0.25, -0.2) is 17.1 Å². The van der Waals surface area contributed by atoms with Gasteiger partial charge in [-0.1, -0.05) is 18.2 Å². The number of nitrogens with one attached hydrogen (secondary N) is 2. The zero-order valence-corrected chi connectivity index (χ0v) is 19.6. The fourth-order valence-electron chi connectivity index (χ4n) is 3.69. The Morgan fingerprint density at radius 3 is 2.46 bits per heavy atom. The third-order valence-corrected chi connectivity index (χ3v) is 7.55. The monoisotopic (exact) mass is 524 g/mol. The van der Waals surface area contributed by atoms with E-state index in [1.165, 1.54) is 6.07 Å². The molecule has 0 spiro atoms. The number of halogens is 2. The molecule has 1 aromatic rings. The summed E-state index contributed by atoms with van der Waals surface area (Å²) in [5, 5.41) is 6.72. The smallest absolute Gasteiger partial charge is 0.213 e. The maximum Gasteiger partial charge on any atom is 0.213 e. The van der Waals surface area contributed by atoms with Crippen LogP contribution in [0.4, 0.5) is 4.39 Å². The van der Waals surface area contributed by atoms with Crippen molar-refractivity contribution in [1.82, 2.24) is 14.9 Å². The second kappa shape index (κ2) is 9.71. The van der Waals surface area contributed by atoms with Crippen LogP contribution in [0, 0.1) is 5.82 Å². The van der Waals surface area contributed by atoms with Crippen LogP contribution in [0.15, 0.2) is 29.3 Å². The number of guanidine groups is 1. The van der Waals surface area contributed by atoms with Crippen LogP contribution >= 0.6 is 24.0 Å². The summed E-state index contributed by atoms with van der Waals surface area (Å²) in [7, 11) is -1.39. The standard InChI is InChI=1S/C19H29FN4O2S.HI/c1-3-27(25,26)24-12-8-15(9-13-24)23-18(21-2)22-14-19(10-11-19)16-6-4-5-7-17(16)20;/h4-7,15H,3,8-14H2,1-2H3,(H2,21,22,23);1H. The third kappa shape index (κ3) is 5.35. The molecule has 1 aromatic carbocycles. The maximum absolute atomic E-state index is 14.1. The van der Waals surface area contributed by atoms with Crippen LogP contribution in [-0.4, -0.2) is 57.2 Å². The predicted molar refractivity (Wildman–Crippen MR) is 121 cm³/mol. The van der Waals surface area contributed by atoms with Crippen LogP contribution in [0.2, 0.25) is 0 Å². The van der Waals surface area contributed by atoms with Crippen molar-refractivity contribution in [3.63, 3.8) is 0 Å². The number of piperidine rings is 1. The molecule has 0 bridgehead atoms. The number of hydrogen-bond acceptors (Lipinski definition) is 3. The molecule has 0 radical (unpaired) electrons. The minimum Gasteiger partial charge on any atom is -0.356 e. The average molecular weight is 524 g/mol. The van der Waals surface area contributed by atoms with Gasteiger partial charge in [-0.15, -0.1) is 24.0 Å². The van der Waals surface area contributed by atoms with Gasteiger partial charge in [-0.2, -0.15) is 0 Å². The van der Waals surface area contributed by atoms with Crippen molar-refractivity contribution in [1.29, 1.82) is 0 Å². The summed E-state index contributed by atoms with van der Waals surface area (Å²) in [6.07, 6.45) is 3.42. The second-order valence-electron chi connectivity index (χ2n) is 7.40. The van der Waals surface area contributed by atoms with Gasteiger partial charge in [0, 0.05) is 38.1 Å². The van der Waals surface area contributed by atoms with E-state index in [1.54, 1.807) is 24.3 Å². The number of hydrogen-bond donors (Lipinski definition) is 2. The molecule has 1 aliphatic heterocycles. The zero-order valence-electron chi connectivity index (χ0n) is 16.4. The highest BCUT2D eigenvalue weighted by atomic mass is 127.